The van der Waals surface area contributed by atoms with Crippen molar-refractivity contribution in [1.82, 2.24) is 19.7 Å². The predicted octanol–water partition coefficient (Wildman–Crippen LogP) is 1.22. The number of H-pyrrole nitrogens is 1. The maximum atomic E-state index is 12.3. The second kappa shape index (κ2) is 4.59. The zero-order valence-corrected chi connectivity index (χ0v) is 12.4. The molecule has 0 bridgehead atoms. The minimum Gasteiger partial charge on any atom is -0.465 e. The average molecular weight is 302 g/mol. The van der Waals surface area contributed by atoms with Gasteiger partial charge in [-0.15, -0.1) is 0 Å². The van der Waals surface area contributed by atoms with Gasteiger partial charge < -0.3 is 15.0 Å². The largest absolute Gasteiger partial charge is 0.465 e. The Morgan fingerprint density at radius 3 is 2.64 bits per heavy atom. The zero-order valence-electron chi connectivity index (χ0n) is 12.4. The SMILES string of the molecule is Cn1nc(C2CN(C(=O)O)C2)c2c3c(c(=O)[nH]c21)CCCC3. The number of carbonyl (C=O) groups is 1. The van der Waals surface area contributed by atoms with E-state index in [0.717, 1.165) is 53.5 Å². The lowest BCUT2D eigenvalue weighted by Gasteiger charge is -2.36. The van der Waals surface area contributed by atoms with Gasteiger partial charge in [-0.2, -0.15) is 5.10 Å². The Bertz CT molecular complexity index is 829. The molecule has 0 unspecified atom stereocenters. The van der Waals surface area contributed by atoms with Crippen LogP contribution in [0.15, 0.2) is 4.79 Å². The Labute approximate surface area is 126 Å². The second-order valence-electron chi connectivity index (χ2n) is 6.24. The molecule has 0 saturated carbocycles. The van der Waals surface area contributed by atoms with Crippen LogP contribution in [0.4, 0.5) is 4.79 Å². The summed E-state index contributed by atoms with van der Waals surface area (Å²) in [6.07, 6.45) is 2.98. The normalized spacial score (nSPS) is 18.3. The number of fused-ring (bicyclic) bond motifs is 3. The van der Waals surface area contributed by atoms with Crippen molar-refractivity contribution < 1.29 is 9.90 Å². The molecule has 2 N–H and O–H groups in total. The molecule has 1 fully saturated rings. The van der Waals surface area contributed by atoms with Crippen molar-refractivity contribution in [3.8, 4) is 0 Å². The molecule has 2 aromatic rings. The molecule has 22 heavy (non-hydrogen) atoms. The lowest BCUT2D eigenvalue weighted by atomic mass is 9.87. The Balaban J connectivity index is 1.86. The van der Waals surface area contributed by atoms with Crippen LogP contribution < -0.4 is 5.56 Å². The van der Waals surface area contributed by atoms with Gasteiger partial charge in [-0.05, 0) is 31.2 Å². The molecule has 0 spiro atoms. The molecule has 7 nitrogen and oxygen atoms in total. The number of carboxylic acid groups (broad SMARTS) is 1. The Kier molecular flexibility index (Phi) is 2.79. The second-order valence-corrected chi connectivity index (χ2v) is 6.24. The number of aromatic nitrogens is 3. The molecule has 116 valence electrons. The number of hydrogen-bond acceptors (Lipinski definition) is 3. The quantitative estimate of drug-likeness (QED) is 0.828. The van der Waals surface area contributed by atoms with E-state index >= 15 is 0 Å². The highest BCUT2D eigenvalue weighted by atomic mass is 16.4. The van der Waals surface area contributed by atoms with Crippen molar-refractivity contribution in [2.24, 2.45) is 7.05 Å². The monoisotopic (exact) mass is 302 g/mol. The molecule has 1 amide bonds. The summed E-state index contributed by atoms with van der Waals surface area (Å²) in [6, 6.07) is 0. The first-order chi connectivity index (χ1) is 10.6. The van der Waals surface area contributed by atoms with E-state index in [4.69, 9.17) is 5.11 Å². The fourth-order valence-corrected chi connectivity index (χ4v) is 3.69. The number of likely N-dealkylation sites (tertiary alicyclic amines) is 1. The maximum absolute atomic E-state index is 12.3. The van der Waals surface area contributed by atoms with Gasteiger partial charge >= 0.3 is 6.09 Å². The number of aromatic amines is 1. The van der Waals surface area contributed by atoms with E-state index in [1.165, 1.54) is 4.90 Å². The van der Waals surface area contributed by atoms with Gasteiger partial charge in [0.2, 0.25) is 0 Å². The number of hydrogen-bond donors (Lipinski definition) is 2. The van der Waals surface area contributed by atoms with Gasteiger partial charge in [-0.3, -0.25) is 9.48 Å². The summed E-state index contributed by atoms with van der Waals surface area (Å²) in [5.74, 6) is 0.122. The third-order valence-electron chi connectivity index (χ3n) is 4.89. The van der Waals surface area contributed by atoms with Crippen LogP contribution in [-0.2, 0) is 19.9 Å². The van der Waals surface area contributed by atoms with Crippen LogP contribution in [0, 0.1) is 0 Å². The number of aryl methyl sites for hydroxylation is 2. The van der Waals surface area contributed by atoms with Crippen molar-refractivity contribution in [1.29, 1.82) is 0 Å². The summed E-state index contributed by atoms with van der Waals surface area (Å²) in [5.41, 5.74) is 3.71. The predicted molar refractivity (Wildman–Crippen MR) is 80.3 cm³/mol. The number of rotatable bonds is 1. The van der Waals surface area contributed by atoms with Gasteiger partial charge in [-0.1, -0.05) is 0 Å². The standard InChI is InChI=1S/C15H18N4O3/c1-18-13-11(9-4-2-3-5-10(9)14(20)16-13)12(17-18)8-6-19(7-8)15(21)22/h8H,2-7H2,1H3,(H,16,20)(H,21,22). The molecule has 4 rings (SSSR count). The molecule has 2 aromatic heterocycles. The van der Waals surface area contributed by atoms with E-state index in [-0.39, 0.29) is 11.5 Å². The lowest BCUT2D eigenvalue weighted by molar-refractivity contribution is 0.104. The fraction of sp³-hybridized carbons (Fsp3) is 0.533. The van der Waals surface area contributed by atoms with E-state index in [2.05, 4.69) is 10.1 Å². The van der Waals surface area contributed by atoms with Gasteiger partial charge in [0.25, 0.3) is 5.56 Å². The molecule has 7 heteroatoms. The molecular weight excluding hydrogens is 284 g/mol. The summed E-state index contributed by atoms with van der Waals surface area (Å²) >= 11 is 0. The van der Waals surface area contributed by atoms with Crippen LogP contribution in [0.2, 0.25) is 0 Å². The maximum Gasteiger partial charge on any atom is 0.407 e. The summed E-state index contributed by atoms with van der Waals surface area (Å²) in [6.45, 7) is 0.963. The third kappa shape index (κ3) is 1.77. The van der Waals surface area contributed by atoms with Crippen LogP contribution in [-0.4, -0.2) is 44.0 Å². The highest BCUT2D eigenvalue weighted by molar-refractivity contribution is 5.84. The summed E-state index contributed by atoms with van der Waals surface area (Å²) in [5, 5.41) is 14.6. The minimum atomic E-state index is -0.882. The lowest BCUT2D eigenvalue weighted by Crippen LogP contribution is -2.48. The number of pyridine rings is 1. The van der Waals surface area contributed by atoms with Crippen LogP contribution in [0.5, 0.6) is 0 Å². The van der Waals surface area contributed by atoms with Crippen LogP contribution >= 0.6 is 0 Å². The highest BCUT2D eigenvalue weighted by Crippen LogP contribution is 2.35. The molecule has 2 aliphatic rings. The van der Waals surface area contributed by atoms with Gasteiger partial charge in [0.15, 0.2) is 0 Å². The van der Waals surface area contributed by atoms with Crippen molar-refractivity contribution in [3.05, 3.63) is 27.2 Å². The number of amides is 1. The number of nitrogens with one attached hydrogen (secondary N) is 1. The molecule has 0 aromatic carbocycles. The van der Waals surface area contributed by atoms with Gasteiger partial charge in [-0.25, -0.2) is 4.79 Å². The first-order valence-electron chi connectivity index (χ1n) is 7.64. The summed E-state index contributed by atoms with van der Waals surface area (Å²) < 4.78 is 1.71. The van der Waals surface area contributed by atoms with Gasteiger partial charge in [0.05, 0.1) is 5.69 Å². The molecule has 3 heterocycles. The zero-order chi connectivity index (χ0) is 15.4. The first kappa shape index (κ1) is 13.4. The number of nitrogens with zero attached hydrogens (tertiary/aromatic N) is 3. The van der Waals surface area contributed by atoms with Gasteiger partial charge in [0, 0.05) is 37.0 Å². The highest BCUT2D eigenvalue weighted by Gasteiger charge is 2.36. The van der Waals surface area contributed by atoms with E-state index in [1.807, 2.05) is 7.05 Å². The fourth-order valence-electron chi connectivity index (χ4n) is 3.69. The smallest absolute Gasteiger partial charge is 0.407 e. The molecule has 0 radical (unpaired) electrons. The minimum absolute atomic E-state index is 0.00229. The topological polar surface area (TPSA) is 91.2 Å². The van der Waals surface area contributed by atoms with Crippen LogP contribution in [0.1, 0.15) is 35.6 Å². The Morgan fingerprint density at radius 1 is 1.27 bits per heavy atom. The van der Waals surface area contributed by atoms with E-state index < -0.39 is 6.09 Å². The molecule has 1 saturated heterocycles. The first-order valence-corrected chi connectivity index (χ1v) is 7.64. The van der Waals surface area contributed by atoms with E-state index in [9.17, 15) is 9.59 Å². The molecule has 1 aliphatic carbocycles. The van der Waals surface area contributed by atoms with Crippen LogP contribution in [0.3, 0.4) is 0 Å². The summed E-state index contributed by atoms with van der Waals surface area (Å²) in [7, 11) is 1.82. The van der Waals surface area contributed by atoms with E-state index in [0.29, 0.717) is 13.1 Å². The van der Waals surface area contributed by atoms with Crippen molar-refractivity contribution in [2.45, 2.75) is 31.6 Å². The van der Waals surface area contributed by atoms with Crippen molar-refractivity contribution >= 4 is 17.1 Å². The van der Waals surface area contributed by atoms with Gasteiger partial charge in [0.1, 0.15) is 5.65 Å². The molecule has 0 atom stereocenters. The molecular formula is C15H18N4O3. The summed E-state index contributed by atoms with van der Waals surface area (Å²) in [4.78, 5) is 27.6. The van der Waals surface area contributed by atoms with E-state index in [1.54, 1.807) is 4.68 Å². The Hall–Kier alpha value is -2.31. The Morgan fingerprint density at radius 2 is 1.95 bits per heavy atom. The third-order valence-corrected chi connectivity index (χ3v) is 4.89. The van der Waals surface area contributed by atoms with Crippen molar-refractivity contribution in [3.63, 3.8) is 0 Å². The van der Waals surface area contributed by atoms with Crippen LogP contribution in [0.25, 0.3) is 11.0 Å². The van der Waals surface area contributed by atoms with Crippen molar-refractivity contribution in [2.75, 3.05) is 13.1 Å². The molecule has 1 aliphatic heterocycles. The average Bonchev–Trinajstić information content (AvgIpc) is 2.74.